The first-order chi connectivity index (χ1) is 14.7. The van der Waals surface area contributed by atoms with Gasteiger partial charge in [-0.05, 0) is 54.8 Å². The second kappa shape index (κ2) is 9.30. The van der Waals surface area contributed by atoms with E-state index in [2.05, 4.69) is 33.4 Å². The highest BCUT2D eigenvalue weighted by atomic mass is 35.5. The van der Waals surface area contributed by atoms with Crippen LogP contribution in [0.4, 0.5) is 20.3 Å². The van der Waals surface area contributed by atoms with Gasteiger partial charge in [-0.25, -0.2) is 9.37 Å². The maximum atomic E-state index is 14.9. The molecule has 1 N–H and O–H groups in total. The van der Waals surface area contributed by atoms with Gasteiger partial charge in [-0.3, -0.25) is 0 Å². The van der Waals surface area contributed by atoms with Crippen LogP contribution >= 0.6 is 35.1 Å². The first-order valence-corrected chi connectivity index (χ1v) is 12.0. The van der Waals surface area contributed by atoms with Crippen LogP contribution < -0.4 is 9.62 Å². The highest BCUT2D eigenvalue weighted by Gasteiger charge is 2.33. The Morgan fingerprint density at radius 2 is 2.03 bits per heavy atom. The number of hydrogen-bond donors (Lipinski definition) is 1. The van der Waals surface area contributed by atoms with Crippen LogP contribution in [0, 0.1) is 23.1 Å². The van der Waals surface area contributed by atoms with Crippen LogP contribution in [0.2, 0.25) is 10.0 Å². The topological polar surface area (TPSA) is 31.4 Å². The summed E-state index contributed by atoms with van der Waals surface area (Å²) in [5.41, 5.74) is 1.02. The molecular formula is C22H26Cl2F2N4S. The van der Waals surface area contributed by atoms with E-state index in [0.29, 0.717) is 22.0 Å². The lowest BCUT2D eigenvalue weighted by molar-refractivity contribution is 0.257. The molecule has 2 aliphatic heterocycles. The summed E-state index contributed by atoms with van der Waals surface area (Å²) in [6.45, 7) is 9.63. The zero-order valence-corrected chi connectivity index (χ0v) is 19.9. The second-order valence-corrected chi connectivity index (χ2v) is 10.7. The third-order valence-electron chi connectivity index (χ3n) is 5.97. The van der Waals surface area contributed by atoms with Gasteiger partial charge in [-0.2, -0.15) is 4.39 Å². The van der Waals surface area contributed by atoms with Crippen LogP contribution in [-0.2, 0) is 0 Å². The molecule has 0 spiro atoms. The number of nitrogens with one attached hydrogen (secondary N) is 1. The van der Waals surface area contributed by atoms with E-state index in [0.717, 1.165) is 51.1 Å². The molecule has 2 aromatic rings. The minimum atomic E-state index is -0.619. The molecule has 168 valence electrons. The number of benzene rings is 1. The zero-order chi connectivity index (χ0) is 22.2. The summed E-state index contributed by atoms with van der Waals surface area (Å²) >= 11 is 13.9. The van der Waals surface area contributed by atoms with E-state index in [4.69, 9.17) is 23.2 Å². The average Bonchev–Trinajstić information content (AvgIpc) is 3.30. The Bertz CT molecular complexity index is 959. The monoisotopic (exact) mass is 486 g/mol. The molecule has 9 heteroatoms. The maximum absolute atomic E-state index is 14.9. The lowest BCUT2D eigenvalue weighted by atomic mass is 9.93. The van der Waals surface area contributed by atoms with Crippen LogP contribution in [-0.4, -0.2) is 42.6 Å². The van der Waals surface area contributed by atoms with E-state index < -0.39 is 11.8 Å². The Hall–Kier alpha value is -1.28. The molecule has 0 bridgehead atoms. The van der Waals surface area contributed by atoms with Crippen molar-refractivity contribution in [2.75, 3.05) is 42.3 Å². The molecule has 0 aliphatic carbocycles. The van der Waals surface area contributed by atoms with Crippen molar-refractivity contribution in [3.8, 4) is 0 Å². The van der Waals surface area contributed by atoms with Gasteiger partial charge in [0.15, 0.2) is 0 Å². The van der Waals surface area contributed by atoms with E-state index >= 15 is 0 Å². The number of pyridine rings is 1. The molecule has 0 unspecified atom stereocenters. The fourth-order valence-corrected chi connectivity index (χ4v) is 5.70. The predicted molar refractivity (Wildman–Crippen MR) is 125 cm³/mol. The van der Waals surface area contributed by atoms with E-state index in [-0.39, 0.29) is 15.7 Å². The van der Waals surface area contributed by atoms with Crippen molar-refractivity contribution < 1.29 is 8.78 Å². The van der Waals surface area contributed by atoms with Crippen molar-refractivity contribution in [2.45, 2.75) is 31.6 Å². The zero-order valence-electron chi connectivity index (χ0n) is 17.6. The number of aromatic nitrogens is 1. The van der Waals surface area contributed by atoms with Gasteiger partial charge < -0.3 is 14.5 Å². The predicted octanol–water partition coefficient (Wildman–Crippen LogP) is 6.34. The first-order valence-electron chi connectivity index (χ1n) is 10.4. The normalized spacial score (nSPS) is 21.1. The quantitative estimate of drug-likeness (QED) is 0.292. The third kappa shape index (κ3) is 5.38. The van der Waals surface area contributed by atoms with Gasteiger partial charge in [-0.15, -0.1) is 0 Å². The minimum Gasteiger partial charge on any atom is -0.370 e. The number of nitrogens with zero attached hydrogens (tertiary/aromatic N) is 3. The third-order valence-corrected chi connectivity index (χ3v) is 7.85. The fraction of sp³-hybridized carbons (Fsp3) is 0.500. The molecule has 1 atom stereocenters. The van der Waals surface area contributed by atoms with E-state index in [1.54, 1.807) is 6.07 Å². The Kier molecular flexibility index (Phi) is 6.87. The van der Waals surface area contributed by atoms with Crippen molar-refractivity contribution in [3.63, 3.8) is 0 Å². The van der Waals surface area contributed by atoms with Crippen molar-refractivity contribution in [1.82, 2.24) is 9.88 Å². The van der Waals surface area contributed by atoms with Crippen molar-refractivity contribution in [1.29, 1.82) is 0 Å². The molecule has 2 saturated heterocycles. The largest absolute Gasteiger partial charge is 0.370 e. The minimum absolute atomic E-state index is 0.148. The highest BCUT2D eigenvalue weighted by Crippen LogP contribution is 2.43. The molecule has 1 aromatic carbocycles. The Morgan fingerprint density at radius 3 is 2.74 bits per heavy atom. The Labute approximate surface area is 196 Å². The molecular weight excluding hydrogens is 461 g/mol. The van der Waals surface area contributed by atoms with Gasteiger partial charge in [0.25, 0.3) is 0 Å². The molecule has 4 nitrogen and oxygen atoms in total. The van der Waals surface area contributed by atoms with Gasteiger partial charge in [0.1, 0.15) is 11.6 Å². The second-order valence-electron chi connectivity index (χ2n) is 9.13. The highest BCUT2D eigenvalue weighted by molar-refractivity contribution is 8.00. The molecule has 0 radical (unpaired) electrons. The summed E-state index contributed by atoms with van der Waals surface area (Å²) in [6.07, 6.45) is 2.28. The summed E-state index contributed by atoms with van der Waals surface area (Å²) in [5.74, 6) is -0.288. The van der Waals surface area contributed by atoms with Gasteiger partial charge >= 0.3 is 0 Å². The summed E-state index contributed by atoms with van der Waals surface area (Å²) in [5, 5.41) is 0.484. The lowest BCUT2D eigenvalue weighted by Gasteiger charge is -2.24. The van der Waals surface area contributed by atoms with Gasteiger partial charge in [0.2, 0.25) is 5.95 Å². The summed E-state index contributed by atoms with van der Waals surface area (Å²) in [7, 11) is 0. The van der Waals surface area contributed by atoms with Gasteiger partial charge in [0.05, 0.1) is 20.6 Å². The summed E-state index contributed by atoms with van der Waals surface area (Å²) in [6, 6.07) is 5.79. The molecule has 3 heterocycles. The maximum Gasteiger partial charge on any atom is 0.214 e. The van der Waals surface area contributed by atoms with Crippen LogP contribution in [0.25, 0.3) is 0 Å². The SMILES string of the molecule is CC1(C)CCN(C[C@@H]2CCN(c3cc(F)c(SNc4cccc(F)n4)c(Cl)c3Cl)C2)C1. The van der Waals surface area contributed by atoms with Crippen LogP contribution in [0.1, 0.15) is 26.7 Å². The van der Waals surface area contributed by atoms with Gasteiger partial charge in [0, 0.05) is 32.2 Å². The van der Waals surface area contributed by atoms with Crippen molar-refractivity contribution in [3.05, 3.63) is 46.1 Å². The van der Waals surface area contributed by atoms with Gasteiger partial charge in [-0.1, -0.05) is 43.1 Å². The molecule has 0 saturated carbocycles. The number of rotatable bonds is 6. The molecule has 31 heavy (non-hydrogen) atoms. The number of likely N-dealkylation sites (tertiary alicyclic amines) is 1. The number of halogens is 4. The van der Waals surface area contributed by atoms with E-state index in [9.17, 15) is 8.78 Å². The van der Waals surface area contributed by atoms with E-state index in [1.165, 1.54) is 24.6 Å². The number of anilines is 2. The molecule has 2 aliphatic rings. The first kappa shape index (κ1) is 22.9. The standard InChI is InChI=1S/C22H26Cl2F2N4S/c1-22(2)7-9-29(13-22)11-14-6-8-30(12-14)16-10-15(25)21(20(24)19(16)23)31-28-18-5-3-4-17(26)27-18/h3-5,10,14H,6-9,11-13H2,1-2H3,(H,27,28)/t14-/m0/s1. The molecule has 2 fully saturated rings. The molecule has 0 amide bonds. The van der Waals surface area contributed by atoms with Crippen LogP contribution in [0.3, 0.4) is 0 Å². The lowest BCUT2D eigenvalue weighted by Crippen LogP contribution is -2.30. The van der Waals surface area contributed by atoms with Crippen molar-refractivity contribution in [2.24, 2.45) is 11.3 Å². The summed E-state index contributed by atoms with van der Waals surface area (Å²) < 4.78 is 31.0. The van der Waals surface area contributed by atoms with Crippen LogP contribution in [0.5, 0.6) is 0 Å². The fourth-order valence-electron chi connectivity index (χ4n) is 4.40. The smallest absolute Gasteiger partial charge is 0.214 e. The summed E-state index contributed by atoms with van der Waals surface area (Å²) in [4.78, 5) is 8.53. The molecule has 1 aromatic heterocycles. The Morgan fingerprint density at radius 1 is 1.23 bits per heavy atom. The molecule has 4 rings (SSSR count). The average molecular weight is 487 g/mol. The van der Waals surface area contributed by atoms with Crippen molar-refractivity contribution >= 4 is 46.7 Å². The van der Waals surface area contributed by atoms with E-state index in [1.807, 2.05) is 0 Å². The van der Waals surface area contributed by atoms with Crippen LogP contribution in [0.15, 0.2) is 29.2 Å². The number of hydrogen-bond acceptors (Lipinski definition) is 5. The Balaban J connectivity index is 1.42.